The van der Waals surface area contributed by atoms with Gasteiger partial charge in [-0.15, -0.1) is 0 Å². The minimum atomic E-state index is -0.0711. The lowest BCUT2D eigenvalue weighted by Crippen LogP contribution is -2.33. The first-order valence-electron chi connectivity index (χ1n) is 8.59. The predicted molar refractivity (Wildman–Crippen MR) is 97.9 cm³/mol. The number of benzene rings is 2. The molecule has 1 amide bonds. The third-order valence-electron chi connectivity index (χ3n) is 4.38. The number of aryl methyl sites for hydroxylation is 1. The standard InChI is InChI=1S/C21H27NO2/c1-16-8-10-18(11-9-16)14-17(2)21(24)22-15-20(12-13-23)19-6-4-3-5-7-19/h3-11,17,20,23H,12-15H2,1-2H3,(H,22,24). The molecule has 128 valence electrons. The van der Waals surface area contributed by atoms with Crippen LogP contribution >= 0.6 is 0 Å². The van der Waals surface area contributed by atoms with Gasteiger partial charge in [-0.2, -0.15) is 0 Å². The van der Waals surface area contributed by atoms with E-state index in [0.717, 1.165) is 12.0 Å². The van der Waals surface area contributed by atoms with Crippen molar-refractivity contribution in [3.05, 3.63) is 71.3 Å². The average Bonchev–Trinajstić information content (AvgIpc) is 2.61. The maximum Gasteiger partial charge on any atom is 0.223 e. The number of hydrogen-bond donors (Lipinski definition) is 2. The third-order valence-corrected chi connectivity index (χ3v) is 4.38. The van der Waals surface area contributed by atoms with Gasteiger partial charge in [0, 0.05) is 25.0 Å². The Hall–Kier alpha value is -2.13. The zero-order valence-electron chi connectivity index (χ0n) is 14.5. The first-order valence-corrected chi connectivity index (χ1v) is 8.59. The molecule has 0 fully saturated rings. The SMILES string of the molecule is Cc1ccc(CC(C)C(=O)NCC(CCO)c2ccccc2)cc1. The first kappa shape index (κ1) is 18.2. The molecule has 0 aromatic heterocycles. The van der Waals surface area contributed by atoms with Gasteiger partial charge in [0.15, 0.2) is 0 Å². The summed E-state index contributed by atoms with van der Waals surface area (Å²) in [5.41, 5.74) is 3.56. The Balaban J connectivity index is 1.89. The van der Waals surface area contributed by atoms with E-state index in [1.807, 2.05) is 37.3 Å². The number of aliphatic hydroxyl groups excluding tert-OH is 1. The lowest BCUT2D eigenvalue weighted by molar-refractivity contribution is -0.124. The molecule has 0 aliphatic carbocycles. The van der Waals surface area contributed by atoms with Crippen LogP contribution in [0.2, 0.25) is 0 Å². The van der Waals surface area contributed by atoms with E-state index in [9.17, 15) is 9.90 Å². The zero-order chi connectivity index (χ0) is 17.4. The average molecular weight is 325 g/mol. The molecule has 0 aliphatic heterocycles. The summed E-state index contributed by atoms with van der Waals surface area (Å²) in [5, 5.41) is 12.3. The van der Waals surface area contributed by atoms with Crippen molar-refractivity contribution in [2.24, 2.45) is 5.92 Å². The van der Waals surface area contributed by atoms with Crippen LogP contribution in [0, 0.1) is 12.8 Å². The summed E-state index contributed by atoms with van der Waals surface area (Å²) >= 11 is 0. The molecule has 2 atom stereocenters. The monoisotopic (exact) mass is 325 g/mol. The number of nitrogens with one attached hydrogen (secondary N) is 1. The number of carbonyl (C=O) groups excluding carboxylic acids is 1. The molecule has 2 N–H and O–H groups in total. The van der Waals surface area contributed by atoms with Gasteiger partial charge in [0.1, 0.15) is 0 Å². The molecule has 2 unspecified atom stereocenters. The van der Waals surface area contributed by atoms with Crippen LogP contribution in [0.1, 0.15) is 36.0 Å². The Bertz CT molecular complexity index is 622. The molecule has 3 nitrogen and oxygen atoms in total. The minimum Gasteiger partial charge on any atom is -0.396 e. The molecule has 2 aromatic carbocycles. The molecule has 2 aromatic rings. The van der Waals surface area contributed by atoms with E-state index in [0.29, 0.717) is 13.0 Å². The Morgan fingerprint density at radius 3 is 2.38 bits per heavy atom. The number of amides is 1. The van der Waals surface area contributed by atoms with Crippen molar-refractivity contribution >= 4 is 5.91 Å². The highest BCUT2D eigenvalue weighted by Gasteiger charge is 2.16. The predicted octanol–water partition coefficient (Wildman–Crippen LogP) is 3.46. The van der Waals surface area contributed by atoms with Crippen LogP contribution in [0.5, 0.6) is 0 Å². The fourth-order valence-electron chi connectivity index (χ4n) is 2.84. The van der Waals surface area contributed by atoms with Gasteiger partial charge < -0.3 is 10.4 Å². The molecule has 2 rings (SSSR count). The molecule has 0 radical (unpaired) electrons. The van der Waals surface area contributed by atoms with Crippen molar-refractivity contribution in [1.82, 2.24) is 5.32 Å². The quantitative estimate of drug-likeness (QED) is 0.781. The molecular weight excluding hydrogens is 298 g/mol. The fourth-order valence-corrected chi connectivity index (χ4v) is 2.84. The molecule has 0 bridgehead atoms. The van der Waals surface area contributed by atoms with E-state index in [1.165, 1.54) is 11.1 Å². The van der Waals surface area contributed by atoms with Crippen molar-refractivity contribution < 1.29 is 9.90 Å². The maximum absolute atomic E-state index is 12.4. The highest BCUT2D eigenvalue weighted by Crippen LogP contribution is 2.18. The Morgan fingerprint density at radius 2 is 1.75 bits per heavy atom. The van der Waals surface area contributed by atoms with Gasteiger partial charge in [-0.1, -0.05) is 67.1 Å². The summed E-state index contributed by atoms with van der Waals surface area (Å²) in [6, 6.07) is 18.4. The lowest BCUT2D eigenvalue weighted by Gasteiger charge is -2.19. The molecular formula is C21H27NO2. The van der Waals surface area contributed by atoms with E-state index in [-0.39, 0.29) is 24.3 Å². The van der Waals surface area contributed by atoms with Crippen LogP contribution < -0.4 is 5.32 Å². The molecule has 0 spiro atoms. The van der Waals surface area contributed by atoms with Crippen LogP contribution in [0.4, 0.5) is 0 Å². The fraction of sp³-hybridized carbons (Fsp3) is 0.381. The van der Waals surface area contributed by atoms with Gasteiger partial charge in [-0.3, -0.25) is 4.79 Å². The van der Waals surface area contributed by atoms with E-state index in [2.05, 4.69) is 36.5 Å². The van der Waals surface area contributed by atoms with Crippen molar-refractivity contribution in [3.8, 4) is 0 Å². The van der Waals surface area contributed by atoms with Crippen LogP contribution in [-0.2, 0) is 11.2 Å². The molecule has 0 saturated heterocycles. The Kier molecular flexibility index (Phi) is 7.01. The summed E-state index contributed by atoms with van der Waals surface area (Å²) in [5.74, 6) is 0.138. The van der Waals surface area contributed by atoms with Crippen molar-refractivity contribution in [1.29, 1.82) is 0 Å². The van der Waals surface area contributed by atoms with Crippen molar-refractivity contribution in [2.75, 3.05) is 13.2 Å². The van der Waals surface area contributed by atoms with E-state index in [4.69, 9.17) is 0 Å². The zero-order valence-corrected chi connectivity index (χ0v) is 14.5. The van der Waals surface area contributed by atoms with Crippen molar-refractivity contribution in [2.45, 2.75) is 32.6 Å². The largest absolute Gasteiger partial charge is 0.396 e. The summed E-state index contributed by atoms with van der Waals surface area (Å²) in [6.45, 7) is 4.69. The number of hydrogen-bond acceptors (Lipinski definition) is 2. The summed E-state index contributed by atoms with van der Waals surface area (Å²) in [6.07, 6.45) is 1.39. The second kappa shape index (κ2) is 9.24. The summed E-state index contributed by atoms with van der Waals surface area (Å²) < 4.78 is 0. The highest BCUT2D eigenvalue weighted by atomic mass is 16.3. The molecule has 3 heteroatoms. The second-order valence-electron chi connectivity index (χ2n) is 6.46. The second-order valence-corrected chi connectivity index (χ2v) is 6.46. The van der Waals surface area contributed by atoms with Crippen LogP contribution in [0.25, 0.3) is 0 Å². The minimum absolute atomic E-state index is 0.0643. The molecule has 24 heavy (non-hydrogen) atoms. The van der Waals surface area contributed by atoms with Gasteiger partial charge in [0.05, 0.1) is 0 Å². The number of aliphatic hydroxyl groups is 1. The maximum atomic E-state index is 12.4. The van der Waals surface area contributed by atoms with Gasteiger partial charge in [0.25, 0.3) is 0 Å². The van der Waals surface area contributed by atoms with E-state index >= 15 is 0 Å². The topological polar surface area (TPSA) is 49.3 Å². The van der Waals surface area contributed by atoms with Gasteiger partial charge in [-0.25, -0.2) is 0 Å². The number of rotatable bonds is 8. The van der Waals surface area contributed by atoms with Gasteiger partial charge in [0.2, 0.25) is 5.91 Å². The lowest BCUT2D eigenvalue weighted by atomic mass is 9.95. The molecule has 0 saturated carbocycles. The van der Waals surface area contributed by atoms with Crippen molar-refractivity contribution in [3.63, 3.8) is 0 Å². The Labute approximate surface area is 144 Å². The van der Waals surface area contributed by atoms with E-state index < -0.39 is 0 Å². The smallest absolute Gasteiger partial charge is 0.223 e. The van der Waals surface area contributed by atoms with Gasteiger partial charge in [-0.05, 0) is 30.9 Å². The van der Waals surface area contributed by atoms with Crippen LogP contribution in [-0.4, -0.2) is 24.2 Å². The Morgan fingerprint density at radius 1 is 1.08 bits per heavy atom. The normalized spacial score (nSPS) is 13.3. The van der Waals surface area contributed by atoms with Gasteiger partial charge >= 0.3 is 0 Å². The van der Waals surface area contributed by atoms with E-state index in [1.54, 1.807) is 0 Å². The summed E-state index contributed by atoms with van der Waals surface area (Å²) in [4.78, 5) is 12.4. The summed E-state index contributed by atoms with van der Waals surface area (Å²) in [7, 11) is 0. The molecule has 0 aliphatic rings. The third kappa shape index (κ3) is 5.50. The molecule has 0 heterocycles. The van der Waals surface area contributed by atoms with Crippen LogP contribution in [0.3, 0.4) is 0 Å². The number of carbonyl (C=O) groups is 1. The first-order chi connectivity index (χ1) is 11.6. The van der Waals surface area contributed by atoms with Crippen LogP contribution in [0.15, 0.2) is 54.6 Å². The highest BCUT2D eigenvalue weighted by molar-refractivity contribution is 5.78.